The van der Waals surface area contributed by atoms with E-state index in [0.29, 0.717) is 30.7 Å². The first-order valence-corrected chi connectivity index (χ1v) is 7.31. The molecule has 0 amide bonds. The monoisotopic (exact) mass is 231 g/mol. The number of hydrogen-bond donors (Lipinski definition) is 0. The third-order valence-corrected chi connectivity index (χ3v) is 3.94. The first-order valence-electron chi connectivity index (χ1n) is 5.58. The van der Waals surface area contributed by atoms with Crippen LogP contribution in [0, 0.1) is 0 Å². The average molecular weight is 231 g/mol. The number of ketones is 1. The highest BCUT2D eigenvalue weighted by molar-refractivity contribution is 7.84. The summed E-state index contributed by atoms with van der Waals surface area (Å²) in [5.41, 5.74) is 0. The van der Waals surface area contributed by atoms with Crippen molar-refractivity contribution in [3.63, 3.8) is 0 Å². The number of rotatable bonds is 4. The van der Waals surface area contributed by atoms with E-state index >= 15 is 0 Å². The summed E-state index contributed by atoms with van der Waals surface area (Å²) in [5.74, 6) is 1.14. The van der Waals surface area contributed by atoms with E-state index < -0.39 is 10.8 Å². The molecule has 1 heterocycles. The van der Waals surface area contributed by atoms with Crippen molar-refractivity contribution in [3.05, 3.63) is 0 Å². The van der Waals surface area contributed by atoms with Crippen LogP contribution in [-0.4, -0.2) is 45.5 Å². The van der Waals surface area contributed by atoms with Crippen LogP contribution in [0.2, 0.25) is 0 Å². The van der Waals surface area contributed by atoms with Crippen molar-refractivity contribution >= 4 is 16.6 Å². The van der Waals surface area contributed by atoms with Gasteiger partial charge in [-0.3, -0.25) is 13.9 Å². The Balaban J connectivity index is 2.41. The van der Waals surface area contributed by atoms with Crippen LogP contribution in [-0.2, 0) is 15.6 Å². The Morgan fingerprint density at radius 3 is 2.80 bits per heavy atom. The van der Waals surface area contributed by atoms with Gasteiger partial charge in [-0.25, -0.2) is 0 Å². The normalized spacial score (nSPS) is 27.7. The zero-order chi connectivity index (χ0) is 11.4. The van der Waals surface area contributed by atoms with Gasteiger partial charge in [-0.2, -0.15) is 0 Å². The van der Waals surface area contributed by atoms with Gasteiger partial charge in [0, 0.05) is 54.3 Å². The molecule has 0 aromatic heterocycles. The minimum absolute atomic E-state index is 0.353. The van der Waals surface area contributed by atoms with Gasteiger partial charge in [-0.1, -0.05) is 0 Å². The summed E-state index contributed by atoms with van der Waals surface area (Å²) in [4.78, 5) is 13.6. The molecule has 0 aromatic rings. The van der Waals surface area contributed by atoms with Crippen molar-refractivity contribution < 1.29 is 9.00 Å². The molecule has 0 bridgehead atoms. The molecule has 3 atom stereocenters. The Labute approximate surface area is 94.7 Å². The zero-order valence-corrected chi connectivity index (χ0v) is 10.7. The van der Waals surface area contributed by atoms with Crippen molar-refractivity contribution in [3.8, 4) is 0 Å². The summed E-state index contributed by atoms with van der Waals surface area (Å²) in [6.07, 6.45) is 4.07. The molecule has 0 saturated carbocycles. The molecule has 3 nitrogen and oxygen atoms in total. The number of piperidine rings is 1. The summed E-state index contributed by atoms with van der Waals surface area (Å²) >= 11 is 0. The van der Waals surface area contributed by atoms with E-state index in [1.165, 1.54) is 0 Å². The van der Waals surface area contributed by atoms with E-state index in [2.05, 4.69) is 18.7 Å². The Hall–Kier alpha value is -0.220. The van der Waals surface area contributed by atoms with E-state index in [0.717, 1.165) is 18.7 Å². The van der Waals surface area contributed by atoms with Crippen molar-refractivity contribution in [2.24, 2.45) is 0 Å². The molecule has 0 aromatic carbocycles. The van der Waals surface area contributed by atoms with Crippen LogP contribution in [0.25, 0.3) is 0 Å². The lowest BCUT2D eigenvalue weighted by molar-refractivity contribution is -0.123. The van der Waals surface area contributed by atoms with E-state index in [-0.39, 0.29) is 0 Å². The van der Waals surface area contributed by atoms with Gasteiger partial charge in [-0.15, -0.1) is 0 Å². The maximum atomic E-state index is 11.2. The van der Waals surface area contributed by atoms with Crippen molar-refractivity contribution in [2.45, 2.75) is 45.2 Å². The van der Waals surface area contributed by atoms with Gasteiger partial charge in [0.15, 0.2) is 0 Å². The minimum Gasteiger partial charge on any atom is -0.300 e. The fraction of sp³-hybridized carbons (Fsp3) is 0.909. The van der Waals surface area contributed by atoms with Crippen LogP contribution in [0.1, 0.15) is 33.1 Å². The second kappa shape index (κ2) is 5.75. The van der Waals surface area contributed by atoms with E-state index in [9.17, 15) is 9.00 Å². The molecule has 1 rings (SSSR count). The summed E-state index contributed by atoms with van der Waals surface area (Å²) in [5, 5.41) is 0. The number of nitrogens with zero attached hydrogens (tertiary/aromatic N) is 1. The molecule has 0 spiro atoms. The second-order valence-electron chi connectivity index (χ2n) is 4.49. The van der Waals surface area contributed by atoms with Gasteiger partial charge >= 0.3 is 0 Å². The fourth-order valence-corrected chi connectivity index (χ4v) is 2.85. The number of carbonyl (C=O) groups is 1. The highest BCUT2D eigenvalue weighted by atomic mass is 32.2. The van der Waals surface area contributed by atoms with Crippen LogP contribution in [0.3, 0.4) is 0 Å². The maximum Gasteiger partial charge on any atom is 0.135 e. The van der Waals surface area contributed by atoms with Crippen molar-refractivity contribution in [1.29, 1.82) is 0 Å². The number of hydrogen-bond acceptors (Lipinski definition) is 3. The Morgan fingerprint density at radius 2 is 2.27 bits per heavy atom. The molecule has 0 radical (unpaired) electrons. The van der Waals surface area contributed by atoms with Gasteiger partial charge in [0.05, 0.1) is 0 Å². The smallest absolute Gasteiger partial charge is 0.135 e. The SMILES string of the molecule is CC(CCS(C)=O)N1CCC(=O)CC1C. The van der Waals surface area contributed by atoms with Crippen LogP contribution < -0.4 is 0 Å². The molecule has 0 N–H and O–H groups in total. The van der Waals surface area contributed by atoms with Crippen LogP contribution in [0.4, 0.5) is 0 Å². The third kappa shape index (κ3) is 4.03. The summed E-state index contributed by atoms with van der Waals surface area (Å²) in [7, 11) is -0.702. The Morgan fingerprint density at radius 1 is 1.60 bits per heavy atom. The first-order chi connectivity index (χ1) is 7.00. The predicted molar refractivity (Wildman–Crippen MR) is 63.4 cm³/mol. The maximum absolute atomic E-state index is 11.2. The molecule has 1 saturated heterocycles. The lowest BCUT2D eigenvalue weighted by atomic mass is 10.00. The topological polar surface area (TPSA) is 37.4 Å². The predicted octanol–water partition coefficient (Wildman–Crippen LogP) is 1.20. The number of likely N-dealkylation sites (tertiary alicyclic amines) is 1. The number of Topliss-reactive ketones (excluding diaryl/α,β-unsaturated/α-hetero) is 1. The van der Waals surface area contributed by atoms with Crippen LogP contribution in [0.5, 0.6) is 0 Å². The second-order valence-corrected chi connectivity index (χ2v) is 6.05. The fourth-order valence-electron chi connectivity index (χ4n) is 2.18. The Bertz CT molecular complexity index is 255. The average Bonchev–Trinajstić information content (AvgIpc) is 2.14. The highest BCUT2D eigenvalue weighted by Crippen LogP contribution is 2.18. The standard InChI is InChI=1S/C11H21NO2S/c1-9(5-7-15(3)14)12-6-4-11(13)8-10(12)2/h9-10H,4-8H2,1-3H3. The van der Waals surface area contributed by atoms with Gasteiger partial charge in [-0.05, 0) is 20.3 Å². The van der Waals surface area contributed by atoms with E-state index in [1.54, 1.807) is 6.26 Å². The highest BCUT2D eigenvalue weighted by Gasteiger charge is 2.26. The molecule has 1 fully saturated rings. The minimum atomic E-state index is -0.702. The van der Waals surface area contributed by atoms with E-state index in [1.807, 2.05) is 0 Å². The largest absolute Gasteiger partial charge is 0.300 e. The lowest BCUT2D eigenvalue weighted by Crippen LogP contribution is -2.46. The molecule has 4 heteroatoms. The lowest BCUT2D eigenvalue weighted by Gasteiger charge is -2.37. The van der Waals surface area contributed by atoms with Crippen molar-refractivity contribution in [2.75, 3.05) is 18.6 Å². The molecule has 1 aliphatic rings. The van der Waals surface area contributed by atoms with Gasteiger partial charge in [0.1, 0.15) is 5.78 Å². The summed E-state index contributed by atoms with van der Waals surface area (Å²) in [6, 6.07) is 0.795. The number of carbonyl (C=O) groups excluding carboxylic acids is 1. The molecule has 1 aliphatic heterocycles. The Kier molecular flexibility index (Phi) is 4.93. The molecule has 0 aliphatic carbocycles. The first kappa shape index (κ1) is 12.8. The third-order valence-electron chi connectivity index (χ3n) is 3.13. The van der Waals surface area contributed by atoms with Gasteiger partial charge < -0.3 is 0 Å². The summed E-state index contributed by atoms with van der Waals surface area (Å²) in [6.45, 7) is 5.15. The van der Waals surface area contributed by atoms with Gasteiger partial charge in [0.25, 0.3) is 0 Å². The molecule has 15 heavy (non-hydrogen) atoms. The molecular formula is C11H21NO2S. The molecule has 3 unspecified atom stereocenters. The quantitative estimate of drug-likeness (QED) is 0.729. The van der Waals surface area contributed by atoms with Gasteiger partial charge in [0.2, 0.25) is 0 Å². The molecular weight excluding hydrogens is 210 g/mol. The summed E-state index contributed by atoms with van der Waals surface area (Å²) < 4.78 is 11.0. The van der Waals surface area contributed by atoms with Crippen LogP contribution in [0.15, 0.2) is 0 Å². The van der Waals surface area contributed by atoms with Crippen LogP contribution >= 0.6 is 0 Å². The van der Waals surface area contributed by atoms with Crippen molar-refractivity contribution in [1.82, 2.24) is 4.90 Å². The van der Waals surface area contributed by atoms with E-state index in [4.69, 9.17) is 0 Å². The zero-order valence-electron chi connectivity index (χ0n) is 9.86. The molecule has 88 valence electrons.